The molecule has 1 amide bonds. The molecule has 2 fully saturated rings. The van der Waals surface area contributed by atoms with Gasteiger partial charge in [0.2, 0.25) is 5.91 Å². The highest BCUT2D eigenvalue weighted by atomic mass is 16.2. The van der Waals surface area contributed by atoms with Crippen molar-refractivity contribution < 1.29 is 4.79 Å². The molecule has 2 heterocycles. The van der Waals surface area contributed by atoms with Crippen molar-refractivity contribution in [2.75, 3.05) is 27.2 Å². The van der Waals surface area contributed by atoms with Crippen LogP contribution >= 0.6 is 0 Å². The van der Waals surface area contributed by atoms with Crippen LogP contribution < -0.4 is 0 Å². The molecule has 0 spiro atoms. The molecule has 1 aliphatic carbocycles. The standard InChI is InChI=1S/C17H26N4O/c1-20(2)12-16-11-18-15(10-19-16)9-13-5-7-21(8-6-13)17(22)14-3-4-14/h10-11,13-14H,3-9,12H2,1-2H3. The van der Waals surface area contributed by atoms with Crippen molar-refractivity contribution in [3.05, 3.63) is 23.8 Å². The second-order valence-corrected chi connectivity index (χ2v) is 6.98. The van der Waals surface area contributed by atoms with Gasteiger partial charge in [0.15, 0.2) is 0 Å². The predicted octanol–water partition coefficient (Wildman–Crippen LogP) is 1.73. The van der Waals surface area contributed by atoms with E-state index < -0.39 is 0 Å². The zero-order valence-electron chi connectivity index (χ0n) is 13.7. The molecular weight excluding hydrogens is 276 g/mol. The van der Waals surface area contributed by atoms with E-state index in [-0.39, 0.29) is 0 Å². The lowest BCUT2D eigenvalue weighted by Crippen LogP contribution is -2.39. The summed E-state index contributed by atoms with van der Waals surface area (Å²) in [5, 5.41) is 0. The zero-order chi connectivity index (χ0) is 15.5. The Morgan fingerprint density at radius 1 is 1.14 bits per heavy atom. The van der Waals surface area contributed by atoms with Crippen LogP contribution in [-0.2, 0) is 17.8 Å². The summed E-state index contributed by atoms with van der Waals surface area (Å²) in [6.07, 6.45) is 9.20. The lowest BCUT2D eigenvalue weighted by molar-refractivity contribution is -0.133. The topological polar surface area (TPSA) is 49.3 Å². The number of carbonyl (C=O) groups is 1. The van der Waals surface area contributed by atoms with Crippen molar-refractivity contribution >= 4 is 5.91 Å². The molecule has 0 bridgehead atoms. The number of rotatable bonds is 5. The van der Waals surface area contributed by atoms with E-state index in [0.29, 0.717) is 17.7 Å². The minimum atomic E-state index is 0.353. The minimum absolute atomic E-state index is 0.353. The third-order valence-electron chi connectivity index (χ3n) is 4.59. The van der Waals surface area contributed by atoms with E-state index in [4.69, 9.17) is 0 Å². The summed E-state index contributed by atoms with van der Waals surface area (Å²) in [5.41, 5.74) is 2.09. The summed E-state index contributed by atoms with van der Waals surface area (Å²) >= 11 is 0. The number of likely N-dealkylation sites (tertiary alicyclic amines) is 1. The first-order chi connectivity index (χ1) is 10.6. The number of piperidine rings is 1. The molecule has 0 atom stereocenters. The molecule has 1 aromatic heterocycles. The van der Waals surface area contributed by atoms with Crippen LogP contribution in [0.1, 0.15) is 37.1 Å². The van der Waals surface area contributed by atoms with E-state index in [9.17, 15) is 4.79 Å². The fourth-order valence-electron chi connectivity index (χ4n) is 3.13. The number of aromatic nitrogens is 2. The number of hydrogen-bond donors (Lipinski definition) is 0. The third-order valence-corrected chi connectivity index (χ3v) is 4.59. The van der Waals surface area contributed by atoms with Crippen molar-refractivity contribution in [2.45, 2.75) is 38.6 Å². The Kier molecular flexibility index (Phi) is 4.71. The average molecular weight is 302 g/mol. The first-order valence-corrected chi connectivity index (χ1v) is 8.35. The van der Waals surface area contributed by atoms with E-state index in [2.05, 4.69) is 19.8 Å². The van der Waals surface area contributed by atoms with Crippen LogP contribution in [0.25, 0.3) is 0 Å². The van der Waals surface area contributed by atoms with Gasteiger partial charge in [-0.3, -0.25) is 14.8 Å². The van der Waals surface area contributed by atoms with E-state index in [1.165, 1.54) is 0 Å². The second-order valence-electron chi connectivity index (χ2n) is 6.98. The smallest absolute Gasteiger partial charge is 0.225 e. The van der Waals surface area contributed by atoms with Crippen molar-refractivity contribution in [2.24, 2.45) is 11.8 Å². The first-order valence-electron chi connectivity index (χ1n) is 8.35. The molecule has 0 aromatic carbocycles. The molecule has 3 rings (SSSR count). The molecule has 2 aliphatic rings. The van der Waals surface area contributed by atoms with Gasteiger partial charge in [-0.1, -0.05) is 0 Å². The molecule has 5 nitrogen and oxygen atoms in total. The fourth-order valence-corrected chi connectivity index (χ4v) is 3.13. The summed E-state index contributed by atoms with van der Waals surface area (Å²) in [6.45, 7) is 2.67. The van der Waals surface area contributed by atoms with Gasteiger partial charge < -0.3 is 9.80 Å². The van der Waals surface area contributed by atoms with Crippen LogP contribution in [0.4, 0.5) is 0 Å². The van der Waals surface area contributed by atoms with Gasteiger partial charge in [-0.15, -0.1) is 0 Å². The molecule has 1 saturated heterocycles. The van der Waals surface area contributed by atoms with E-state index in [0.717, 1.165) is 63.1 Å². The van der Waals surface area contributed by atoms with Crippen LogP contribution in [0.15, 0.2) is 12.4 Å². The van der Waals surface area contributed by atoms with Gasteiger partial charge in [-0.25, -0.2) is 0 Å². The average Bonchev–Trinajstić information content (AvgIpc) is 3.34. The summed E-state index contributed by atoms with van der Waals surface area (Å²) in [5.74, 6) is 1.38. The Hall–Kier alpha value is -1.49. The Labute approximate surface area is 132 Å². The molecule has 5 heteroatoms. The highest BCUT2D eigenvalue weighted by molar-refractivity contribution is 5.81. The summed E-state index contributed by atoms with van der Waals surface area (Å²) < 4.78 is 0. The van der Waals surface area contributed by atoms with Crippen LogP contribution in [0.5, 0.6) is 0 Å². The summed E-state index contributed by atoms with van der Waals surface area (Å²) in [4.78, 5) is 25.3. The molecule has 1 aromatic rings. The predicted molar refractivity (Wildman–Crippen MR) is 85.2 cm³/mol. The van der Waals surface area contributed by atoms with Crippen molar-refractivity contribution in [1.82, 2.24) is 19.8 Å². The van der Waals surface area contributed by atoms with Gasteiger partial charge in [0, 0.05) is 31.7 Å². The van der Waals surface area contributed by atoms with Crippen LogP contribution in [0.3, 0.4) is 0 Å². The summed E-state index contributed by atoms with van der Waals surface area (Å²) in [7, 11) is 4.07. The molecule has 1 saturated carbocycles. The first kappa shape index (κ1) is 15.4. The lowest BCUT2D eigenvalue weighted by atomic mass is 9.92. The van der Waals surface area contributed by atoms with Gasteiger partial charge in [0.25, 0.3) is 0 Å². The number of amides is 1. The van der Waals surface area contributed by atoms with Gasteiger partial charge in [-0.05, 0) is 52.1 Å². The SMILES string of the molecule is CN(C)Cc1cnc(CC2CCN(C(=O)C3CC3)CC2)cn1. The number of nitrogens with zero attached hydrogens (tertiary/aromatic N) is 4. The van der Waals surface area contributed by atoms with Crippen molar-refractivity contribution in [3.8, 4) is 0 Å². The highest BCUT2D eigenvalue weighted by Gasteiger charge is 2.34. The van der Waals surface area contributed by atoms with Gasteiger partial charge in [0.1, 0.15) is 0 Å². The number of carbonyl (C=O) groups excluding carboxylic acids is 1. The Bertz CT molecular complexity index is 502. The van der Waals surface area contributed by atoms with Gasteiger partial charge in [0.05, 0.1) is 17.6 Å². The normalized spacial score (nSPS) is 19.7. The van der Waals surface area contributed by atoms with Crippen LogP contribution in [0, 0.1) is 11.8 Å². The lowest BCUT2D eigenvalue weighted by Gasteiger charge is -2.32. The van der Waals surface area contributed by atoms with Crippen LogP contribution in [-0.4, -0.2) is 52.9 Å². The fraction of sp³-hybridized carbons (Fsp3) is 0.706. The maximum absolute atomic E-state index is 12.1. The van der Waals surface area contributed by atoms with E-state index in [1.54, 1.807) is 0 Å². The zero-order valence-corrected chi connectivity index (χ0v) is 13.7. The van der Waals surface area contributed by atoms with Crippen molar-refractivity contribution in [1.29, 1.82) is 0 Å². The maximum atomic E-state index is 12.1. The Morgan fingerprint density at radius 3 is 2.32 bits per heavy atom. The molecule has 0 radical (unpaired) electrons. The van der Waals surface area contributed by atoms with Gasteiger partial charge in [-0.2, -0.15) is 0 Å². The molecular formula is C17H26N4O. The van der Waals surface area contributed by atoms with E-state index >= 15 is 0 Å². The van der Waals surface area contributed by atoms with Crippen LogP contribution in [0.2, 0.25) is 0 Å². The largest absolute Gasteiger partial charge is 0.342 e. The maximum Gasteiger partial charge on any atom is 0.225 e. The second kappa shape index (κ2) is 6.73. The molecule has 120 valence electrons. The summed E-state index contributed by atoms with van der Waals surface area (Å²) in [6, 6.07) is 0. The van der Waals surface area contributed by atoms with Gasteiger partial charge >= 0.3 is 0 Å². The monoisotopic (exact) mass is 302 g/mol. The Balaban J connectivity index is 1.46. The molecule has 0 unspecified atom stereocenters. The molecule has 22 heavy (non-hydrogen) atoms. The molecule has 1 aliphatic heterocycles. The quantitative estimate of drug-likeness (QED) is 0.831. The van der Waals surface area contributed by atoms with E-state index in [1.807, 2.05) is 26.5 Å². The number of hydrogen-bond acceptors (Lipinski definition) is 4. The third kappa shape index (κ3) is 4.03. The van der Waals surface area contributed by atoms with Crippen molar-refractivity contribution in [3.63, 3.8) is 0 Å². The minimum Gasteiger partial charge on any atom is -0.342 e. The Morgan fingerprint density at radius 2 is 1.77 bits per heavy atom. The molecule has 0 N–H and O–H groups in total. The highest BCUT2D eigenvalue weighted by Crippen LogP contribution is 2.32.